The van der Waals surface area contributed by atoms with Crippen LogP contribution in [0, 0.1) is 5.82 Å². The van der Waals surface area contributed by atoms with Crippen LogP contribution in [0.5, 0.6) is 5.75 Å². The van der Waals surface area contributed by atoms with Crippen LogP contribution in [0.2, 0.25) is 0 Å². The van der Waals surface area contributed by atoms with Crippen LogP contribution >= 0.6 is 0 Å². The van der Waals surface area contributed by atoms with Gasteiger partial charge in [0.2, 0.25) is 0 Å². The topological polar surface area (TPSA) is 48.8 Å². The summed E-state index contributed by atoms with van der Waals surface area (Å²) in [4.78, 5) is 8.81. The van der Waals surface area contributed by atoms with Gasteiger partial charge in [-0.25, -0.2) is 4.39 Å². The number of halogens is 1. The minimum atomic E-state index is -0.245. The summed E-state index contributed by atoms with van der Waals surface area (Å²) in [7, 11) is 1.53. The third-order valence-electron chi connectivity index (χ3n) is 4.91. The van der Waals surface area contributed by atoms with Crippen LogP contribution in [-0.2, 0) is 13.1 Å². The summed E-state index contributed by atoms with van der Waals surface area (Å²) < 4.78 is 19.4. The third kappa shape index (κ3) is 4.78. The molecule has 6 heteroatoms. The number of hydrogen-bond acceptors (Lipinski definition) is 5. The van der Waals surface area contributed by atoms with E-state index >= 15 is 0 Å². The first-order valence-corrected chi connectivity index (χ1v) is 8.98. The molecule has 5 nitrogen and oxygen atoms in total. The Morgan fingerprint density at radius 3 is 2.85 bits per heavy atom. The van der Waals surface area contributed by atoms with Crippen molar-refractivity contribution in [2.24, 2.45) is 0 Å². The molecule has 0 aliphatic carbocycles. The van der Waals surface area contributed by atoms with Crippen molar-refractivity contribution in [1.29, 1.82) is 0 Å². The van der Waals surface area contributed by atoms with Crippen LogP contribution in [0.3, 0.4) is 0 Å². The molecule has 0 radical (unpaired) electrons. The van der Waals surface area contributed by atoms with Crippen LogP contribution in [-0.4, -0.2) is 59.3 Å². The number of nitrogens with zero attached hydrogens (tertiary/aromatic N) is 3. The molecule has 1 aromatic heterocycles. The fraction of sp³-hybridized carbons (Fsp3) is 0.450. The highest BCUT2D eigenvalue weighted by molar-refractivity contribution is 5.29. The second kappa shape index (κ2) is 9.07. The maximum Gasteiger partial charge on any atom is 0.131 e. The van der Waals surface area contributed by atoms with Crippen LogP contribution in [0.4, 0.5) is 4.39 Å². The average molecular weight is 359 g/mol. The number of aliphatic hydroxyl groups excluding tert-OH is 1. The number of ether oxygens (including phenoxy) is 1. The molecule has 26 heavy (non-hydrogen) atoms. The molecule has 1 saturated heterocycles. The summed E-state index contributed by atoms with van der Waals surface area (Å²) in [6.45, 7) is 4.13. The van der Waals surface area contributed by atoms with E-state index < -0.39 is 0 Å². The molecule has 0 spiro atoms. The Kier molecular flexibility index (Phi) is 6.55. The molecular weight excluding hydrogens is 333 g/mol. The highest BCUT2D eigenvalue weighted by Crippen LogP contribution is 2.22. The Labute approximate surface area is 154 Å². The van der Waals surface area contributed by atoms with Gasteiger partial charge in [0.1, 0.15) is 11.6 Å². The van der Waals surface area contributed by atoms with Crippen molar-refractivity contribution in [2.75, 3.05) is 33.4 Å². The van der Waals surface area contributed by atoms with E-state index in [-0.39, 0.29) is 18.5 Å². The lowest BCUT2D eigenvalue weighted by atomic mass is 10.1. The molecule has 1 fully saturated rings. The monoisotopic (exact) mass is 359 g/mol. The largest absolute Gasteiger partial charge is 0.497 e. The van der Waals surface area contributed by atoms with Gasteiger partial charge in [0.15, 0.2) is 0 Å². The summed E-state index contributed by atoms with van der Waals surface area (Å²) in [6, 6.07) is 9.22. The minimum absolute atomic E-state index is 0.132. The molecule has 2 aromatic rings. The molecule has 1 aliphatic heterocycles. The van der Waals surface area contributed by atoms with Crippen LogP contribution < -0.4 is 4.74 Å². The van der Waals surface area contributed by atoms with Gasteiger partial charge in [-0.05, 0) is 24.1 Å². The minimum Gasteiger partial charge on any atom is -0.497 e. The summed E-state index contributed by atoms with van der Waals surface area (Å²) in [5, 5.41) is 9.46. The maximum absolute atomic E-state index is 14.3. The summed E-state index contributed by atoms with van der Waals surface area (Å²) in [5.41, 5.74) is 1.85. The SMILES string of the molecule is COc1ccc(CN2CCN(Cc3cccnc3)CC2CCO)c(F)c1. The second-order valence-corrected chi connectivity index (χ2v) is 6.69. The fourth-order valence-electron chi connectivity index (χ4n) is 3.48. The van der Waals surface area contributed by atoms with Gasteiger partial charge in [0.25, 0.3) is 0 Å². The first-order chi connectivity index (χ1) is 12.7. The maximum atomic E-state index is 14.3. The number of pyridine rings is 1. The first kappa shape index (κ1) is 18.8. The summed E-state index contributed by atoms with van der Waals surface area (Å²) in [6.07, 6.45) is 4.35. The Morgan fingerprint density at radius 1 is 1.27 bits per heavy atom. The Hall–Kier alpha value is -2.02. The van der Waals surface area contributed by atoms with Gasteiger partial charge in [-0.2, -0.15) is 0 Å². The normalized spacial score (nSPS) is 18.8. The predicted octanol–water partition coefficient (Wildman–Crippen LogP) is 2.30. The number of rotatable bonds is 7. The van der Waals surface area contributed by atoms with Gasteiger partial charge in [0.05, 0.1) is 7.11 Å². The molecule has 0 amide bonds. The molecule has 0 bridgehead atoms. The number of piperazine rings is 1. The molecule has 1 unspecified atom stereocenters. The van der Waals surface area contributed by atoms with Gasteiger partial charge < -0.3 is 9.84 Å². The van der Waals surface area contributed by atoms with Crippen LogP contribution in [0.1, 0.15) is 17.5 Å². The second-order valence-electron chi connectivity index (χ2n) is 6.69. The number of hydrogen-bond donors (Lipinski definition) is 1. The van der Waals surface area contributed by atoms with E-state index in [1.165, 1.54) is 18.7 Å². The van der Waals surface area contributed by atoms with Crippen LogP contribution in [0.25, 0.3) is 0 Å². The molecule has 1 atom stereocenters. The standard InChI is InChI=1S/C20H26FN3O2/c1-26-19-5-4-17(20(21)11-19)14-24-9-8-23(15-18(24)6-10-25)13-16-3-2-7-22-12-16/h2-5,7,11-12,18,25H,6,8-10,13-15H2,1H3. The molecule has 3 rings (SSSR count). The van der Waals surface area contributed by atoms with Gasteiger partial charge in [-0.1, -0.05) is 12.1 Å². The van der Waals surface area contributed by atoms with Crippen LogP contribution in [0.15, 0.2) is 42.7 Å². The molecule has 1 aliphatic rings. The molecule has 140 valence electrons. The van der Waals surface area contributed by atoms with Crippen molar-refractivity contribution in [3.05, 3.63) is 59.7 Å². The Bertz CT molecular complexity index is 699. The zero-order valence-corrected chi connectivity index (χ0v) is 15.1. The van der Waals surface area contributed by atoms with E-state index in [0.717, 1.165) is 26.2 Å². The lowest BCUT2D eigenvalue weighted by Crippen LogP contribution is -2.52. The van der Waals surface area contributed by atoms with E-state index in [0.29, 0.717) is 24.3 Å². The van der Waals surface area contributed by atoms with E-state index in [9.17, 15) is 9.50 Å². The summed E-state index contributed by atoms with van der Waals surface area (Å²) in [5.74, 6) is 0.282. The predicted molar refractivity (Wildman–Crippen MR) is 98.4 cm³/mol. The van der Waals surface area contributed by atoms with Crippen molar-refractivity contribution in [2.45, 2.75) is 25.6 Å². The van der Waals surface area contributed by atoms with E-state index in [4.69, 9.17) is 4.74 Å². The first-order valence-electron chi connectivity index (χ1n) is 8.98. The summed E-state index contributed by atoms with van der Waals surface area (Å²) >= 11 is 0. The molecule has 0 saturated carbocycles. The fourth-order valence-corrected chi connectivity index (χ4v) is 3.48. The van der Waals surface area contributed by atoms with Gasteiger partial charge >= 0.3 is 0 Å². The number of aliphatic hydroxyl groups is 1. The molecule has 1 N–H and O–H groups in total. The van der Waals surface area contributed by atoms with Crippen molar-refractivity contribution in [3.63, 3.8) is 0 Å². The van der Waals surface area contributed by atoms with E-state index in [1.807, 2.05) is 12.3 Å². The smallest absolute Gasteiger partial charge is 0.131 e. The quantitative estimate of drug-likeness (QED) is 0.822. The molecule has 1 aromatic carbocycles. The average Bonchev–Trinajstić information content (AvgIpc) is 2.66. The highest BCUT2D eigenvalue weighted by Gasteiger charge is 2.27. The van der Waals surface area contributed by atoms with Crippen molar-refractivity contribution in [3.8, 4) is 5.75 Å². The van der Waals surface area contributed by atoms with Crippen molar-refractivity contribution in [1.82, 2.24) is 14.8 Å². The lowest BCUT2D eigenvalue weighted by Gasteiger charge is -2.41. The number of aromatic nitrogens is 1. The van der Waals surface area contributed by atoms with E-state index in [1.54, 1.807) is 18.3 Å². The third-order valence-corrected chi connectivity index (χ3v) is 4.91. The van der Waals surface area contributed by atoms with E-state index in [2.05, 4.69) is 20.9 Å². The molecular formula is C20H26FN3O2. The number of methoxy groups -OCH3 is 1. The highest BCUT2D eigenvalue weighted by atomic mass is 19.1. The van der Waals surface area contributed by atoms with Gasteiger partial charge in [0, 0.05) is 69.4 Å². The Balaban J connectivity index is 1.65. The lowest BCUT2D eigenvalue weighted by molar-refractivity contribution is 0.0492. The molecule has 2 heterocycles. The van der Waals surface area contributed by atoms with Gasteiger partial charge in [-0.3, -0.25) is 14.8 Å². The zero-order valence-electron chi connectivity index (χ0n) is 15.1. The van der Waals surface area contributed by atoms with Crippen molar-refractivity contribution >= 4 is 0 Å². The van der Waals surface area contributed by atoms with Crippen molar-refractivity contribution < 1.29 is 14.2 Å². The Morgan fingerprint density at radius 2 is 2.15 bits per heavy atom. The van der Waals surface area contributed by atoms with Gasteiger partial charge in [-0.15, -0.1) is 0 Å². The zero-order chi connectivity index (χ0) is 18.4. The number of benzene rings is 1.